The molecule has 3 aromatic rings. The fourth-order valence-electron chi connectivity index (χ4n) is 2.98. The van der Waals surface area contributed by atoms with Crippen molar-refractivity contribution in [1.82, 2.24) is 0 Å². The second-order valence-electron chi connectivity index (χ2n) is 5.87. The number of rotatable bonds is 4. The van der Waals surface area contributed by atoms with Gasteiger partial charge in [0.25, 0.3) is 0 Å². The molecule has 0 saturated heterocycles. The molecule has 4 rings (SSSR count). The maximum atomic E-state index is 9.81. The highest BCUT2D eigenvalue weighted by molar-refractivity contribution is 7.15. The van der Waals surface area contributed by atoms with Gasteiger partial charge in [-0.3, -0.25) is 0 Å². The summed E-state index contributed by atoms with van der Waals surface area (Å²) >= 11 is 1.70. The topological polar surface area (TPSA) is 42.6 Å². The van der Waals surface area contributed by atoms with Gasteiger partial charge in [-0.15, -0.1) is 11.3 Å². The summed E-state index contributed by atoms with van der Waals surface area (Å²) in [5.41, 5.74) is 3.93. The van der Waals surface area contributed by atoms with Crippen molar-refractivity contribution in [1.29, 1.82) is 0 Å². The van der Waals surface area contributed by atoms with Crippen LogP contribution < -0.4 is 4.74 Å². The molecule has 0 spiro atoms. The predicted octanol–water partition coefficient (Wildman–Crippen LogP) is 4.74. The van der Waals surface area contributed by atoms with Crippen molar-refractivity contribution in [2.75, 3.05) is 0 Å². The minimum absolute atomic E-state index is 0.398. The van der Waals surface area contributed by atoms with Gasteiger partial charge in [0, 0.05) is 9.75 Å². The lowest BCUT2D eigenvalue weighted by atomic mass is 9.91. The molecule has 0 saturated carbocycles. The molecule has 0 aliphatic heterocycles. The fraction of sp³-hybridized carbons (Fsp3) is 0.263. The minimum Gasteiger partial charge on any atom is -0.486 e. The predicted molar refractivity (Wildman–Crippen MR) is 90.8 cm³/mol. The van der Waals surface area contributed by atoms with Crippen molar-refractivity contribution >= 4 is 11.3 Å². The highest BCUT2D eigenvalue weighted by Gasteiger charge is 2.21. The van der Waals surface area contributed by atoms with Crippen LogP contribution in [-0.2, 0) is 19.4 Å². The summed E-state index contributed by atoms with van der Waals surface area (Å²) in [5, 5.41) is 9.81. The van der Waals surface area contributed by atoms with Crippen LogP contribution in [0.1, 0.15) is 34.8 Å². The molecule has 1 aliphatic rings. The molecule has 4 heteroatoms. The largest absolute Gasteiger partial charge is 0.486 e. The van der Waals surface area contributed by atoms with Crippen molar-refractivity contribution in [2.45, 2.75) is 32.5 Å². The summed E-state index contributed by atoms with van der Waals surface area (Å²) in [6.45, 7) is 2.27. The summed E-state index contributed by atoms with van der Waals surface area (Å²) in [6.07, 6.45) is 3.29. The first-order chi connectivity index (χ1) is 11.2. The lowest BCUT2D eigenvalue weighted by Crippen LogP contribution is -2.02. The van der Waals surface area contributed by atoms with E-state index in [1.54, 1.807) is 17.6 Å². The number of hydrogen-bond acceptors (Lipinski definition) is 4. The van der Waals surface area contributed by atoms with Gasteiger partial charge in [-0.25, -0.2) is 0 Å². The molecule has 3 nitrogen and oxygen atoms in total. The van der Waals surface area contributed by atoms with Crippen LogP contribution in [0.2, 0.25) is 0 Å². The molecule has 0 radical (unpaired) electrons. The molecule has 0 bridgehead atoms. The normalized spacial score (nSPS) is 14.2. The van der Waals surface area contributed by atoms with Crippen LogP contribution in [0.15, 0.2) is 47.1 Å². The van der Waals surface area contributed by atoms with Crippen LogP contribution >= 0.6 is 11.3 Å². The molecule has 1 aliphatic carbocycles. The zero-order valence-corrected chi connectivity index (χ0v) is 13.7. The Kier molecular flexibility index (Phi) is 3.71. The Labute approximate surface area is 139 Å². The second-order valence-corrected chi connectivity index (χ2v) is 6.95. The van der Waals surface area contributed by atoms with Gasteiger partial charge < -0.3 is 14.3 Å². The highest BCUT2D eigenvalue weighted by Crippen LogP contribution is 2.42. The standard InChI is InChI=1S/C19H18O3S/c1-12(20)18-10-14-5-4-13-9-15(6-7-17(13)19(14)23-18)22-11-16-3-2-8-21-16/h2-3,6-10,12,20H,4-5,11H2,1H3. The third-order valence-corrected chi connectivity index (χ3v) is 5.57. The summed E-state index contributed by atoms with van der Waals surface area (Å²) in [5.74, 6) is 1.70. The maximum Gasteiger partial charge on any atom is 0.146 e. The number of hydrogen-bond donors (Lipinski definition) is 1. The SMILES string of the molecule is CC(O)c1cc2c(s1)-c1ccc(OCc3ccco3)cc1CC2. The smallest absolute Gasteiger partial charge is 0.146 e. The molecule has 1 atom stereocenters. The number of aliphatic hydroxyl groups excluding tert-OH is 1. The third-order valence-electron chi connectivity index (χ3n) is 4.19. The monoisotopic (exact) mass is 326 g/mol. The van der Waals surface area contributed by atoms with Gasteiger partial charge in [0.15, 0.2) is 0 Å². The Hall–Kier alpha value is -2.04. The summed E-state index contributed by atoms with van der Waals surface area (Å²) in [4.78, 5) is 2.33. The average Bonchev–Trinajstić information content (AvgIpc) is 3.21. The number of fused-ring (bicyclic) bond motifs is 3. The molecule has 1 unspecified atom stereocenters. The van der Waals surface area contributed by atoms with Crippen LogP contribution in [0.25, 0.3) is 10.4 Å². The zero-order valence-electron chi connectivity index (χ0n) is 12.9. The maximum absolute atomic E-state index is 9.81. The third kappa shape index (κ3) is 2.80. The van der Waals surface area contributed by atoms with Crippen molar-refractivity contribution in [3.63, 3.8) is 0 Å². The van der Waals surface area contributed by atoms with Crippen LogP contribution in [0, 0.1) is 0 Å². The van der Waals surface area contributed by atoms with E-state index >= 15 is 0 Å². The van der Waals surface area contributed by atoms with E-state index in [2.05, 4.69) is 18.2 Å². The van der Waals surface area contributed by atoms with Crippen molar-refractivity contribution in [3.8, 4) is 16.2 Å². The summed E-state index contributed by atoms with van der Waals surface area (Å²) in [6, 6.07) is 12.2. The van der Waals surface area contributed by atoms with E-state index in [1.807, 2.05) is 25.1 Å². The number of benzene rings is 1. The fourth-order valence-corrected chi connectivity index (χ4v) is 4.19. The van der Waals surface area contributed by atoms with E-state index in [9.17, 15) is 5.11 Å². The van der Waals surface area contributed by atoms with E-state index in [-0.39, 0.29) is 0 Å². The number of thiophene rings is 1. The molecule has 23 heavy (non-hydrogen) atoms. The highest BCUT2D eigenvalue weighted by atomic mass is 32.1. The number of aryl methyl sites for hydroxylation is 2. The Bertz CT molecular complexity index is 815. The van der Waals surface area contributed by atoms with Gasteiger partial charge in [-0.2, -0.15) is 0 Å². The van der Waals surface area contributed by atoms with E-state index in [0.717, 1.165) is 29.2 Å². The molecular weight excluding hydrogens is 308 g/mol. The second kappa shape index (κ2) is 5.87. The van der Waals surface area contributed by atoms with Crippen LogP contribution in [-0.4, -0.2) is 5.11 Å². The summed E-state index contributed by atoms with van der Waals surface area (Å²) in [7, 11) is 0. The van der Waals surface area contributed by atoms with Crippen LogP contribution in [0.4, 0.5) is 0 Å². The molecule has 2 aromatic heterocycles. The average molecular weight is 326 g/mol. The van der Waals surface area contributed by atoms with Crippen molar-refractivity contribution in [3.05, 3.63) is 64.4 Å². The van der Waals surface area contributed by atoms with Crippen LogP contribution in [0.5, 0.6) is 5.75 Å². The Balaban J connectivity index is 1.60. The van der Waals surface area contributed by atoms with Gasteiger partial charge in [-0.05, 0) is 72.9 Å². The van der Waals surface area contributed by atoms with E-state index in [0.29, 0.717) is 6.61 Å². The van der Waals surface area contributed by atoms with Crippen LogP contribution in [0.3, 0.4) is 0 Å². The number of ether oxygens (including phenoxy) is 1. The Morgan fingerprint density at radius 1 is 1.22 bits per heavy atom. The van der Waals surface area contributed by atoms with Crippen molar-refractivity contribution < 1.29 is 14.3 Å². The molecular formula is C19H18O3S. The molecule has 2 heterocycles. The molecule has 118 valence electrons. The summed E-state index contributed by atoms with van der Waals surface area (Å²) < 4.78 is 11.1. The molecule has 1 aromatic carbocycles. The zero-order chi connectivity index (χ0) is 15.8. The van der Waals surface area contributed by atoms with Gasteiger partial charge in [0.05, 0.1) is 12.4 Å². The first-order valence-electron chi connectivity index (χ1n) is 7.80. The molecule has 0 amide bonds. The first-order valence-corrected chi connectivity index (χ1v) is 8.61. The van der Waals surface area contributed by atoms with Gasteiger partial charge in [0.2, 0.25) is 0 Å². The number of furan rings is 1. The quantitative estimate of drug-likeness (QED) is 0.753. The van der Waals surface area contributed by atoms with E-state index < -0.39 is 6.10 Å². The van der Waals surface area contributed by atoms with Gasteiger partial charge in [-0.1, -0.05) is 0 Å². The molecule has 1 N–H and O–H groups in total. The Morgan fingerprint density at radius 2 is 2.09 bits per heavy atom. The first kappa shape index (κ1) is 14.5. The number of aliphatic hydroxyl groups is 1. The van der Waals surface area contributed by atoms with Gasteiger partial charge in [0.1, 0.15) is 18.1 Å². The lowest BCUT2D eigenvalue weighted by Gasteiger charge is -2.17. The van der Waals surface area contributed by atoms with Crippen molar-refractivity contribution in [2.24, 2.45) is 0 Å². The molecule has 0 fully saturated rings. The van der Waals surface area contributed by atoms with E-state index in [4.69, 9.17) is 9.15 Å². The lowest BCUT2D eigenvalue weighted by molar-refractivity contribution is 0.203. The minimum atomic E-state index is -0.398. The Morgan fingerprint density at radius 3 is 2.87 bits per heavy atom. The van der Waals surface area contributed by atoms with Gasteiger partial charge >= 0.3 is 0 Å². The van der Waals surface area contributed by atoms with E-state index in [1.165, 1.54) is 21.6 Å².